The summed E-state index contributed by atoms with van der Waals surface area (Å²) in [4.78, 5) is 5.50. The molecular formula is C35H19F6NS. The highest BCUT2D eigenvalue weighted by Crippen LogP contribution is 2.41. The van der Waals surface area contributed by atoms with Gasteiger partial charge in [-0.25, -0.2) is 4.98 Å². The molecule has 0 N–H and O–H groups in total. The summed E-state index contributed by atoms with van der Waals surface area (Å²) in [5, 5.41) is 3.82. The average Bonchev–Trinajstić information content (AvgIpc) is 3.38. The van der Waals surface area contributed by atoms with Gasteiger partial charge in [-0.1, -0.05) is 66.7 Å². The number of fused-ring (bicyclic) bond motifs is 4. The van der Waals surface area contributed by atoms with Gasteiger partial charge in [0.15, 0.2) is 0 Å². The first-order chi connectivity index (χ1) is 20.5. The molecule has 2 aromatic heterocycles. The summed E-state index contributed by atoms with van der Waals surface area (Å²) in [5.41, 5.74) is 1.57. The molecule has 0 spiro atoms. The van der Waals surface area contributed by atoms with Gasteiger partial charge in [0.05, 0.1) is 11.1 Å². The van der Waals surface area contributed by atoms with Crippen LogP contribution in [0.2, 0.25) is 0 Å². The number of hydrogen-bond donors (Lipinski definition) is 0. The lowest BCUT2D eigenvalue weighted by atomic mass is 9.95. The molecule has 0 saturated carbocycles. The van der Waals surface area contributed by atoms with E-state index in [1.807, 2.05) is 42.5 Å². The van der Waals surface area contributed by atoms with Crippen LogP contribution < -0.4 is 0 Å². The highest BCUT2D eigenvalue weighted by molar-refractivity contribution is 7.26. The third-order valence-corrected chi connectivity index (χ3v) is 8.73. The van der Waals surface area contributed by atoms with Gasteiger partial charge in [0.2, 0.25) is 0 Å². The predicted molar refractivity (Wildman–Crippen MR) is 161 cm³/mol. The molecule has 0 fully saturated rings. The van der Waals surface area contributed by atoms with Crippen LogP contribution in [0.3, 0.4) is 0 Å². The van der Waals surface area contributed by atoms with Crippen LogP contribution in [0, 0.1) is 0 Å². The molecule has 7 rings (SSSR count). The Labute approximate surface area is 245 Å². The molecule has 212 valence electrons. The second kappa shape index (κ2) is 9.95. The van der Waals surface area contributed by atoms with Crippen molar-refractivity contribution in [2.45, 2.75) is 12.4 Å². The number of aromatic nitrogens is 1. The standard InChI is InChI=1S/C35H19F6NS/c36-34(37,38)27-17-26(18-28(19-27)35(39,40)41)25-13-12-23-15-22(10-11-24(23)16-25)20-6-8-21(9-7-20)29-3-1-4-30-31-5-2-14-42-33(31)43-32(29)30/h1-19H. The first-order valence-electron chi connectivity index (χ1n) is 13.3. The summed E-state index contributed by atoms with van der Waals surface area (Å²) in [7, 11) is 0. The highest BCUT2D eigenvalue weighted by atomic mass is 32.1. The van der Waals surface area contributed by atoms with Crippen LogP contribution in [-0.2, 0) is 12.4 Å². The van der Waals surface area contributed by atoms with Crippen molar-refractivity contribution in [3.8, 4) is 33.4 Å². The van der Waals surface area contributed by atoms with E-state index in [0.717, 1.165) is 50.0 Å². The summed E-state index contributed by atoms with van der Waals surface area (Å²) in [6.45, 7) is 0. The first kappa shape index (κ1) is 27.2. The molecule has 8 heteroatoms. The van der Waals surface area contributed by atoms with E-state index in [0.29, 0.717) is 5.39 Å². The second-order valence-electron chi connectivity index (χ2n) is 10.3. The van der Waals surface area contributed by atoms with Gasteiger partial charge in [-0.15, -0.1) is 11.3 Å². The molecule has 0 aliphatic heterocycles. The number of alkyl halides is 6. The molecule has 43 heavy (non-hydrogen) atoms. The Kier molecular flexibility index (Phi) is 6.29. The van der Waals surface area contributed by atoms with Gasteiger partial charge in [-0.05, 0) is 86.6 Å². The van der Waals surface area contributed by atoms with Crippen molar-refractivity contribution in [1.82, 2.24) is 4.98 Å². The normalized spacial score (nSPS) is 12.4. The van der Waals surface area contributed by atoms with Crippen molar-refractivity contribution in [3.05, 3.63) is 127 Å². The van der Waals surface area contributed by atoms with Crippen LogP contribution in [0.1, 0.15) is 11.1 Å². The van der Waals surface area contributed by atoms with E-state index in [1.165, 1.54) is 10.1 Å². The Morgan fingerprint density at radius 2 is 1.05 bits per heavy atom. The van der Waals surface area contributed by atoms with E-state index in [-0.39, 0.29) is 17.2 Å². The zero-order chi connectivity index (χ0) is 29.9. The van der Waals surface area contributed by atoms with Gasteiger partial charge in [0.1, 0.15) is 4.83 Å². The van der Waals surface area contributed by atoms with Crippen LogP contribution in [0.25, 0.3) is 64.5 Å². The van der Waals surface area contributed by atoms with Crippen LogP contribution in [0.4, 0.5) is 26.3 Å². The molecule has 1 nitrogen and oxygen atoms in total. The molecule has 0 aliphatic carbocycles. The number of hydrogen-bond acceptors (Lipinski definition) is 2. The third-order valence-electron chi connectivity index (χ3n) is 7.57. The Hall–Kier alpha value is -4.69. The minimum Gasteiger partial charge on any atom is -0.245 e. The lowest BCUT2D eigenvalue weighted by Crippen LogP contribution is -2.11. The van der Waals surface area contributed by atoms with Crippen molar-refractivity contribution < 1.29 is 26.3 Å². The van der Waals surface area contributed by atoms with Crippen molar-refractivity contribution in [3.63, 3.8) is 0 Å². The van der Waals surface area contributed by atoms with Gasteiger partial charge >= 0.3 is 12.4 Å². The highest BCUT2D eigenvalue weighted by Gasteiger charge is 2.37. The quantitative estimate of drug-likeness (QED) is 0.184. The van der Waals surface area contributed by atoms with E-state index in [2.05, 4.69) is 35.3 Å². The molecule has 0 amide bonds. The van der Waals surface area contributed by atoms with Crippen LogP contribution in [0.5, 0.6) is 0 Å². The van der Waals surface area contributed by atoms with Crippen LogP contribution >= 0.6 is 11.3 Å². The maximum atomic E-state index is 13.4. The van der Waals surface area contributed by atoms with E-state index >= 15 is 0 Å². The maximum absolute atomic E-state index is 13.4. The van der Waals surface area contributed by atoms with Crippen molar-refractivity contribution >= 4 is 42.4 Å². The van der Waals surface area contributed by atoms with E-state index in [9.17, 15) is 26.3 Å². The molecule has 0 radical (unpaired) electrons. The fourth-order valence-corrected chi connectivity index (χ4v) is 6.61. The van der Waals surface area contributed by atoms with E-state index in [4.69, 9.17) is 0 Å². The van der Waals surface area contributed by atoms with Gasteiger partial charge in [0.25, 0.3) is 0 Å². The number of rotatable bonds is 3. The summed E-state index contributed by atoms with van der Waals surface area (Å²) < 4.78 is 81.4. The second-order valence-corrected chi connectivity index (χ2v) is 11.3. The van der Waals surface area contributed by atoms with Crippen molar-refractivity contribution in [2.24, 2.45) is 0 Å². The zero-order valence-corrected chi connectivity index (χ0v) is 22.9. The monoisotopic (exact) mass is 599 g/mol. The molecular weight excluding hydrogens is 580 g/mol. The molecule has 0 atom stereocenters. The fraction of sp³-hybridized carbons (Fsp3) is 0.0571. The molecule has 0 unspecified atom stereocenters. The topological polar surface area (TPSA) is 12.9 Å². The first-order valence-corrected chi connectivity index (χ1v) is 14.1. The molecule has 0 aliphatic rings. The lowest BCUT2D eigenvalue weighted by Gasteiger charge is -2.15. The van der Waals surface area contributed by atoms with Crippen molar-refractivity contribution in [1.29, 1.82) is 0 Å². The largest absolute Gasteiger partial charge is 0.416 e. The summed E-state index contributed by atoms with van der Waals surface area (Å²) in [5.74, 6) is 0. The number of benzene rings is 5. The minimum atomic E-state index is -4.90. The molecule has 7 aromatic rings. The van der Waals surface area contributed by atoms with Crippen LogP contribution in [0.15, 0.2) is 115 Å². The zero-order valence-electron chi connectivity index (χ0n) is 22.1. The molecule has 5 aromatic carbocycles. The number of thiophene rings is 1. The third kappa shape index (κ3) is 5.02. The number of halogens is 6. The summed E-state index contributed by atoms with van der Waals surface area (Å²) in [6.07, 6.45) is -8.01. The van der Waals surface area contributed by atoms with Gasteiger partial charge < -0.3 is 0 Å². The van der Waals surface area contributed by atoms with Gasteiger partial charge in [-0.2, -0.15) is 26.3 Å². The minimum absolute atomic E-state index is 0.141. The molecule has 0 saturated heterocycles. The maximum Gasteiger partial charge on any atom is 0.416 e. The summed E-state index contributed by atoms with van der Waals surface area (Å²) in [6, 6.07) is 30.7. The molecule has 0 bridgehead atoms. The number of nitrogens with zero attached hydrogens (tertiary/aromatic N) is 1. The summed E-state index contributed by atoms with van der Waals surface area (Å²) >= 11 is 1.67. The van der Waals surface area contributed by atoms with E-state index in [1.54, 1.807) is 35.7 Å². The van der Waals surface area contributed by atoms with Gasteiger partial charge in [0, 0.05) is 21.7 Å². The predicted octanol–water partition coefficient (Wildman–Crippen LogP) is 11.6. The van der Waals surface area contributed by atoms with E-state index < -0.39 is 23.5 Å². The van der Waals surface area contributed by atoms with Gasteiger partial charge in [-0.3, -0.25) is 0 Å². The SMILES string of the molecule is FC(F)(F)c1cc(-c2ccc3cc(-c4ccc(-c5cccc6c5sc5ncccc56)cc4)ccc3c2)cc(C(F)(F)F)c1. The number of pyridine rings is 1. The van der Waals surface area contributed by atoms with Crippen molar-refractivity contribution in [2.75, 3.05) is 0 Å². The fourth-order valence-electron chi connectivity index (χ4n) is 5.43. The smallest absolute Gasteiger partial charge is 0.245 e. The Morgan fingerprint density at radius 1 is 0.488 bits per heavy atom. The van der Waals surface area contributed by atoms with Crippen LogP contribution in [-0.4, -0.2) is 4.98 Å². The molecule has 2 heterocycles. The Bertz CT molecular complexity index is 2130. The lowest BCUT2D eigenvalue weighted by molar-refractivity contribution is -0.143. The Balaban J connectivity index is 1.22. The average molecular weight is 600 g/mol. The Morgan fingerprint density at radius 3 is 1.67 bits per heavy atom.